The molecule has 2 saturated carbocycles. The topological polar surface area (TPSA) is 52.7 Å². The summed E-state index contributed by atoms with van der Waals surface area (Å²) in [6.07, 6.45) is 9.05. The number of nitrogens with one attached hydrogen (secondary N) is 1. The van der Waals surface area contributed by atoms with Gasteiger partial charge in [0, 0.05) is 38.1 Å². The molecule has 2 aliphatic carbocycles. The van der Waals surface area contributed by atoms with E-state index in [1.165, 1.54) is 38.6 Å². The maximum Gasteiger partial charge on any atom is 0.225 e. The van der Waals surface area contributed by atoms with Crippen LogP contribution < -0.4 is 5.32 Å². The van der Waals surface area contributed by atoms with Crippen LogP contribution >= 0.6 is 0 Å². The molecule has 2 amide bonds. The maximum atomic E-state index is 12.4. The quantitative estimate of drug-likeness (QED) is 0.833. The molecular formula is C18H29N3O2. The highest BCUT2D eigenvalue weighted by molar-refractivity contribution is 5.89. The number of carbonyl (C=O) groups is 2. The lowest BCUT2D eigenvalue weighted by Gasteiger charge is -2.24. The fraction of sp³-hybridized carbons (Fsp3) is 0.889. The lowest BCUT2D eigenvalue weighted by atomic mass is 10.1. The molecule has 0 bridgehead atoms. The average Bonchev–Trinajstić information content (AvgIpc) is 2.95. The zero-order valence-electron chi connectivity index (χ0n) is 14.0. The molecule has 1 N–H and O–H groups in total. The van der Waals surface area contributed by atoms with E-state index >= 15 is 0 Å². The first-order valence-electron chi connectivity index (χ1n) is 9.52. The number of nitrogens with zero attached hydrogens (tertiary/aromatic N) is 2. The van der Waals surface area contributed by atoms with Gasteiger partial charge in [-0.2, -0.15) is 0 Å². The number of hydrogen-bond donors (Lipinski definition) is 1. The second-order valence-electron chi connectivity index (χ2n) is 8.01. The second-order valence-corrected chi connectivity index (χ2v) is 8.01. The minimum Gasteiger partial charge on any atom is -0.355 e. The van der Waals surface area contributed by atoms with Crippen molar-refractivity contribution >= 4 is 11.8 Å². The van der Waals surface area contributed by atoms with Crippen LogP contribution in [-0.2, 0) is 9.59 Å². The van der Waals surface area contributed by atoms with Crippen molar-refractivity contribution in [1.29, 1.82) is 0 Å². The minimum absolute atomic E-state index is 0.101. The monoisotopic (exact) mass is 319 g/mol. The molecular weight excluding hydrogens is 290 g/mol. The van der Waals surface area contributed by atoms with Crippen molar-refractivity contribution in [2.45, 2.75) is 63.5 Å². The van der Waals surface area contributed by atoms with E-state index in [1.54, 1.807) is 0 Å². The first-order chi connectivity index (χ1) is 11.2. The molecule has 0 aromatic heterocycles. The van der Waals surface area contributed by atoms with E-state index in [0.717, 1.165) is 32.0 Å². The van der Waals surface area contributed by atoms with E-state index in [9.17, 15) is 9.59 Å². The molecule has 4 aliphatic rings. The molecule has 4 rings (SSSR count). The molecule has 23 heavy (non-hydrogen) atoms. The maximum absolute atomic E-state index is 12.4. The third kappa shape index (κ3) is 3.39. The van der Waals surface area contributed by atoms with Crippen LogP contribution in [0.5, 0.6) is 0 Å². The van der Waals surface area contributed by atoms with Gasteiger partial charge < -0.3 is 15.1 Å². The number of likely N-dealkylation sites (tertiary alicyclic amines) is 2. The van der Waals surface area contributed by atoms with Gasteiger partial charge in [0.2, 0.25) is 11.8 Å². The molecule has 0 aromatic rings. The van der Waals surface area contributed by atoms with Crippen LogP contribution in [0.2, 0.25) is 0 Å². The van der Waals surface area contributed by atoms with E-state index in [0.29, 0.717) is 24.9 Å². The zero-order valence-corrected chi connectivity index (χ0v) is 14.0. The number of hydrogen-bond acceptors (Lipinski definition) is 3. The molecule has 5 nitrogen and oxygen atoms in total. The summed E-state index contributed by atoms with van der Waals surface area (Å²) in [5.41, 5.74) is 0. The SMILES string of the molecule is O=C(NC[C@H]1CCN(C2CC2)C1)[C@@H]1CC(=O)N(C2CCCC2)C1. The predicted molar refractivity (Wildman–Crippen MR) is 87.8 cm³/mol. The van der Waals surface area contributed by atoms with Gasteiger partial charge in [-0.3, -0.25) is 9.59 Å². The van der Waals surface area contributed by atoms with Gasteiger partial charge in [-0.25, -0.2) is 0 Å². The Morgan fingerprint density at radius 1 is 1.04 bits per heavy atom. The summed E-state index contributed by atoms with van der Waals surface area (Å²) < 4.78 is 0. The van der Waals surface area contributed by atoms with Gasteiger partial charge in [0.25, 0.3) is 0 Å². The van der Waals surface area contributed by atoms with Gasteiger partial charge in [0.15, 0.2) is 0 Å². The van der Waals surface area contributed by atoms with Crippen LogP contribution in [0.1, 0.15) is 51.4 Å². The average molecular weight is 319 g/mol. The highest BCUT2D eigenvalue weighted by Gasteiger charge is 2.39. The Labute approximate surface area is 138 Å². The van der Waals surface area contributed by atoms with Crippen LogP contribution in [0.3, 0.4) is 0 Å². The van der Waals surface area contributed by atoms with Crippen molar-refractivity contribution < 1.29 is 9.59 Å². The molecule has 0 spiro atoms. The lowest BCUT2D eigenvalue weighted by Crippen LogP contribution is -2.38. The van der Waals surface area contributed by atoms with E-state index in [-0.39, 0.29) is 17.7 Å². The highest BCUT2D eigenvalue weighted by Crippen LogP contribution is 2.32. The molecule has 2 saturated heterocycles. The Bertz CT molecular complexity index is 471. The van der Waals surface area contributed by atoms with Gasteiger partial charge in [-0.1, -0.05) is 12.8 Å². The van der Waals surface area contributed by atoms with E-state index < -0.39 is 0 Å². The molecule has 0 aromatic carbocycles. The molecule has 0 unspecified atom stereocenters. The predicted octanol–water partition coefficient (Wildman–Crippen LogP) is 1.38. The van der Waals surface area contributed by atoms with Crippen molar-refractivity contribution in [3.05, 3.63) is 0 Å². The van der Waals surface area contributed by atoms with Gasteiger partial charge in [-0.05, 0) is 44.6 Å². The summed E-state index contributed by atoms with van der Waals surface area (Å²) in [4.78, 5) is 29.2. The molecule has 2 atom stereocenters. The Kier molecular flexibility index (Phi) is 4.31. The second kappa shape index (κ2) is 6.42. The fourth-order valence-electron chi connectivity index (χ4n) is 4.67. The summed E-state index contributed by atoms with van der Waals surface area (Å²) in [7, 11) is 0. The van der Waals surface area contributed by atoms with Crippen molar-refractivity contribution in [2.24, 2.45) is 11.8 Å². The molecule has 4 fully saturated rings. The van der Waals surface area contributed by atoms with Gasteiger partial charge >= 0.3 is 0 Å². The minimum atomic E-state index is -0.121. The Morgan fingerprint density at radius 3 is 2.57 bits per heavy atom. The third-order valence-corrected chi connectivity index (χ3v) is 6.24. The standard InChI is InChI=1S/C18H29N3O2/c22-17-9-14(12-21(17)16-3-1-2-4-16)18(23)19-10-13-7-8-20(11-13)15-5-6-15/h13-16H,1-12H2,(H,19,23)/t13-,14-/m1/s1. The highest BCUT2D eigenvalue weighted by atomic mass is 16.2. The van der Waals surface area contributed by atoms with E-state index in [4.69, 9.17) is 0 Å². The Morgan fingerprint density at radius 2 is 1.83 bits per heavy atom. The van der Waals surface area contributed by atoms with Crippen molar-refractivity contribution in [3.63, 3.8) is 0 Å². The smallest absolute Gasteiger partial charge is 0.225 e. The van der Waals surface area contributed by atoms with Crippen molar-refractivity contribution in [1.82, 2.24) is 15.1 Å². The summed E-state index contributed by atoms with van der Waals surface area (Å²) in [6, 6.07) is 1.24. The van der Waals surface area contributed by atoms with Crippen LogP contribution in [-0.4, -0.2) is 59.9 Å². The van der Waals surface area contributed by atoms with Crippen LogP contribution in [0.4, 0.5) is 0 Å². The van der Waals surface area contributed by atoms with Crippen molar-refractivity contribution in [3.8, 4) is 0 Å². The van der Waals surface area contributed by atoms with E-state index in [1.807, 2.05) is 4.90 Å². The van der Waals surface area contributed by atoms with Crippen LogP contribution in [0, 0.1) is 11.8 Å². The summed E-state index contributed by atoms with van der Waals surface area (Å²) >= 11 is 0. The number of rotatable bonds is 5. The molecule has 2 aliphatic heterocycles. The first kappa shape index (κ1) is 15.4. The normalized spacial score (nSPS) is 32.9. The molecule has 5 heteroatoms. The Balaban J connectivity index is 1.22. The van der Waals surface area contributed by atoms with Crippen molar-refractivity contribution in [2.75, 3.05) is 26.2 Å². The fourth-order valence-corrected chi connectivity index (χ4v) is 4.67. The Hall–Kier alpha value is -1.10. The zero-order chi connectivity index (χ0) is 15.8. The largest absolute Gasteiger partial charge is 0.355 e. The molecule has 128 valence electrons. The summed E-state index contributed by atoms with van der Waals surface area (Å²) in [5, 5.41) is 3.13. The molecule has 0 radical (unpaired) electrons. The number of carbonyl (C=O) groups excluding carboxylic acids is 2. The summed E-state index contributed by atoms with van der Waals surface area (Å²) in [5.74, 6) is 0.771. The molecule has 2 heterocycles. The van der Waals surface area contributed by atoms with Gasteiger partial charge in [0.05, 0.1) is 5.92 Å². The van der Waals surface area contributed by atoms with Gasteiger partial charge in [-0.15, -0.1) is 0 Å². The van der Waals surface area contributed by atoms with E-state index in [2.05, 4.69) is 10.2 Å². The summed E-state index contributed by atoms with van der Waals surface area (Å²) in [6.45, 7) is 3.77. The van der Waals surface area contributed by atoms with Crippen LogP contribution in [0.15, 0.2) is 0 Å². The third-order valence-electron chi connectivity index (χ3n) is 6.24. The first-order valence-corrected chi connectivity index (χ1v) is 9.52. The lowest BCUT2D eigenvalue weighted by molar-refractivity contribution is -0.130. The van der Waals surface area contributed by atoms with Gasteiger partial charge in [0.1, 0.15) is 0 Å². The van der Waals surface area contributed by atoms with Crippen LogP contribution in [0.25, 0.3) is 0 Å². The number of amides is 2.